The van der Waals surface area contributed by atoms with Gasteiger partial charge in [-0.3, -0.25) is 4.79 Å². The monoisotopic (exact) mass is 429 g/mol. The minimum Gasteiger partial charge on any atom is -0.347 e. The Morgan fingerprint density at radius 3 is 2.71 bits per heavy atom. The summed E-state index contributed by atoms with van der Waals surface area (Å²) in [5.74, 6) is 1.08. The van der Waals surface area contributed by atoms with Crippen LogP contribution in [0.25, 0.3) is 27.8 Å². The van der Waals surface area contributed by atoms with Gasteiger partial charge >= 0.3 is 0 Å². The van der Waals surface area contributed by atoms with Crippen molar-refractivity contribution in [3.8, 4) is 16.9 Å². The van der Waals surface area contributed by atoms with E-state index >= 15 is 0 Å². The number of amides is 1. The van der Waals surface area contributed by atoms with E-state index in [4.69, 9.17) is 10.1 Å². The Kier molecular flexibility index (Phi) is 5.11. The van der Waals surface area contributed by atoms with E-state index < -0.39 is 0 Å². The molecular weight excluding hydrogens is 406 g/mol. The van der Waals surface area contributed by atoms with Gasteiger partial charge in [-0.15, -0.1) is 0 Å². The standard InChI is InChI=1S/C24H23N5OS/c1-3-16-9-5-7-11-20(16)29-22(25-24-26-23(30)15-31-24)13-19(27-29)18-14-28(4-2)21-12-8-6-10-17(18)21/h5-14H,3-4,15H2,1-2H3,(H,25,26,30). The maximum Gasteiger partial charge on any atom is 0.236 e. The lowest BCUT2D eigenvalue weighted by Gasteiger charge is -2.09. The summed E-state index contributed by atoms with van der Waals surface area (Å²) in [6.07, 6.45) is 3.05. The molecule has 2 aromatic heterocycles. The van der Waals surface area contributed by atoms with Crippen LogP contribution < -0.4 is 5.32 Å². The van der Waals surface area contributed by atoms with E-state index in [-0.39, 0.29) is 5.91 Å². The van der Waals surface area contributed by atoms with Crippen molar-refractivity contribution in [3.05, 3.63) is 66.4 Å². The van der Waals surface area contributed by atoms with E-state index in [0.29, 0.717) is 16.7 Å². The molecule has 0 aliphatic carbocycles. The van der Waals surface area contributed by atoms with Crippen LogP contribution in [-0.4, -0.2) is 31.2 Å². The number of aromatic nitrogens is 3. The molecule has 1 N–H and O–H groups in total. The Morgan fingerprint density at radius 1 is 1.13 bits per heavy atom. The van der Waals surface area contributed by atoms with Crippen molar-refractivity contribution in [2.45, 2.75) is 26.8 Å². The maximum atomic E-state index is 11.7. The van der Waals surface area contributed by atoms with Gasteiger partial charge in [-0.05, 0) is 31.0 Å². The summed E-state index contributed by atoms with van der Waals surface area (Å²) in [7, 11) is 0. The molecule has 7 heteroatoms. The molecule has 1 aliphatic rings. The number of carbonyl (C=O) groups is 1. The number of carbonyl (C=O) groups excluding carboxylic acids is 1. The van der Waals surface area contributed by atoms with Crippen LogP contribution in [0.2, 0.25) is 0 Å². The van der Waals surface area contributed by atoms with E-state index in [1.54, 1.807) is 0 Å². The quantitative estimate of drug-likeness (QED) is 0.489. The van der Waals surface area contributed by atoms with Crippen molar-refractivity contribution in [2.24, 2.45) is 4.99 Å². The van der Waals surface area contributed by atoms with Gasteiger partial charge in [0, 0.05) is 35.3 Å². The second-order valence-corrected chi connectivity index (χ2v) is 8.35. The Balaban J connectivity index is 1.71. The highest BCUT2D eigenvalue weighted by atomic mass is 32.2. The van der Waals surface area contributed by atoms with E-state index in [1.807, 2.05) is 22.9 Å². The van der Waals surface area contributed by atoms with Gasteiger partial charge in [0.05, 0.1) is 17.1 Å². The fourth-order valence-corrected chi connectivity index (χ4v) is 4.66. The van der Waals surface area contributed by atoms with Crippen LogP contribution in [0.3, 0.4) is 0 Å². The molecule has 1 amide bonds. The molecule has 2 aromatic carbocycles. The van der Waals surface area contributed by atoms with Gasteiger partial charge in [0.1, 0.15) is 0 Å². The highest BCUT2D eigenvalue weighted by Crippen LogP contribution is 2.34. The number of nitrogens with zero attached hydrogens (tertiary/aromatic N) is 4. The molecule has 1 fully saturated rings. The summed E-state index contributed by atoms with van der Waals surface area (Å²) in [5.41, 5.74) is 5.33. The molecule has 1 aliphatic heterocycles. The number of hydrogen-bond donors (Lipinski definition) is 1. The first-order valence-electron chi connectivity index (χ1n) is 10.5. The SMILES string of the molecule is CCc1ccccc1-n1nc(-c2cn(CC)c3ccccc23)cc1/N=C1/NC(=O)CS1. The molecular formula is C24H23N5OS. The first kappa shape index (κ1) is 19.6. The number of para-hydroxylation sites is 2. The summed E-state index contributed by atoms with van der Waals surface area (Å²) in [4.78, 5) is 16.4. The highest BCUT2D eigenvalue weighted by molar-refractivity contribution is 8.15. The number of amidine groups is 1. The lowest BCUT2D eigenvalue weighted by atomic mass is 10.1. The molecule has 0 spiro atoms. The molecule has 156 valence electrons. The van der Waals surface area contributed by atoms with E-state index in [0.717, 1.165) is 29.9 Å². The molecule has 0 unspecified atom stereocenters. The van der Waals surface area contributed by atoms with Crippen molar-refractivity contribution < 1.29 is 4.79 Å². The van der Waals surface area contributed by atoms with Crippen LogP contribution in [0.4, 0.5) is 5.82 Å². The molecule has 3 heterocycles. The number of thioether (sulfide) groups is 1. The molecule has 0 radical (unpaired) electrons. The predicted octanol–water partition coefficient (Wildman–Crippen LogP) is 4.93. The van der Waals surface area contributed by atoms with Crippen molar-refractivity contribution in [1.29, 1.82) is 0 Å². The summed E-state index contributed by atoms with van der Waals surface area (Å²) >= 11 is 1.42. The molecule has 0 saturated carbocycles. The van der Waals surface area contributed by atoms with Gasteiger partial charge in [-0.2, -0.15) is 5.10 Å². The van der Waals surface area contributed by atoms with Gasteiger partial charge < -0.3 is 9.88 Å². The topological polar surface area (TPSA) is 64.2 Å². The first-order valence-corrected chi connectivity index (χ1v) is 11.4. The van der Waals surface area contributed by atoms with E-state index in [9.17, 15) is 4.79 Å². The Bertz CT molecular complexity index is 1320. The Hall–Kier alpha value is -3.32. The lowest BCUT2D eigenvalue weighted by molar-refractivity contribution is -0.116. The van der Waals surface area contributed by atoms with Gasteiger partial charge in [-0.1, -0.05) is 55.1 Å². The van der Waals surface area contributed by atoms with Crippen LogP contribution >= 0.6 is 11.8 Å². The third kappa shape index (κ3) is 3.55. The smallest absolute Gasteiger partial charge is 0.236 e. The van der Waals surface area contributed by atoms with Crippen molar-refractivity contribution in [3.63, 3.8) is 0 Å². The summed E-state index contributed by atoms with van der Waals surface area (Å²) in [6, 6.07) is 18.6. The number of aliphatic imine (C=N–C) groups is 1. The molecule has 6 nitrogen and oxygen atoms in total. The van der Waals surface area contributed by atoms with Crippen LogP contribution in [0.1, 0.15) is 19.4 Å². The minimum absolute atomic E-state index is 0.0185. The van der Waals surface area contributed by atoms with E-state index in [1.165, 1.54) is 28.2 Å². The van der Waals surface area contributed by atoms with Crippen LogP contribution in [0.15, 0.2) is 65.8 Å². The van der Waals surface area contributed by atoms with Crippen LogP contribution in [-0.2, 0) is 17.8 Å². The molecule has 0 atom stereocenters. The maximum absolute atomic E-state index is 11.7. The molecule has 0 bridgehead atoms. The summed E-state index contributed by atoms with van der Waals surface area (Å²) in [6.45, 7) is 5.16. The minimum atomic E-state index is -0.0185. The summed E-state index contributed by atoms with van der Waals surface area (Å²) in [5, 5.41) is 9.60. The van der Waals surface area contributed by atoms with Gasteiger partial charge in [0.25, 0.3) is 0 Å². The Labute approximate surface area is 185 Å². The fraction of sp³-hybridized carbons (Fsp3) is 0.208. The zero-order chi connectivity index (χ0) is 21.4. The zero-order valence-corrected chi connectivity index (χ0v) is 18.3. The van der Waals surface area contributed by atoms with Crippen molar-refractivity contribution in [1.82, 2.24) is 19.7 Å². The third-order valence-corrected chi connectivity index (χ3v) is 6.37. The van der Waals surface area contributed by atoms with Gasteiger partial charge in [0.15, 0.2) is 11.0 Å². The average molecular weight is 430 g/mol. The molecule has 5 rings (SSSR count). The lowest BCUT2D eigenvalue weighted by Crippen LogP contribution is -2.20. The molecule has 4 aromatic rings. The first-order chi connectivity index (χ1) is 15.2. The normalized spacial score (nSPS) is 15.2. The molecule has 31 heavy (non-hydrogen) atoms. The van der Waals surface area contributed by atoms with Crippen molar-refractivity contribution >= 4 is 39.6 Å². The van der Waals surface area contributed by atoms with Crippen LogP contribution in [0.5, 0.6) is 0 Å². The van der Waals surface area contributed by atoms with Gasteiger partial charge in [0.2, 0.25) is 5.91 Å². The van der Waals surface area contributed by atoms with Crippen molar-refractivity contribution in [2.75, 3.05) is 5.75 Å². The second-order valence-electron chi connectivity index (χ2n) is 7.38. The summed E-state index contributed by atoms with van der Waals surface area (Å²) < 4.78 is 4.13. The third-order valence-electron chi connectivity index (χ3n) is 5.50. The fourth-order valence-electron chi connectivity index (χ4n) is 3.98. The molecule has 1 saturated heterocycles. The Morgan fingerprint density at radius 2 is 1.94 bits per heavy atom. The largest absolute Gasteiger partial charge is 0.347 e. The van der Waals surface area contributed by atoms with Crippen LogP contribution in [0, 0.1) is 0 Å². The number of fused-ring (bicyclic) bond motifs is 1. The number of nitrogens with one attached hydrogen (secondary N) is 1. The second kappa shape index (κ2) is 8.07. The number of rotatable bonds is 5. The number of aryl methyl sites for hydroxylation is 2. The zero-order valence-electron chi connectivity index (χ0n) is 17.5. The van der Waals surface area contributed by atoms with E-state index in [2.05, 4.69) is 66.3 Å². The highest BCUT2D eigenvalue weighted by Gasteiger charge is 2.20. The van der Waals surface area contributed by atoms with Gasteiger partial charge in [-0.25, -0.2) is 9.67 Å². The predicted molar refractivity (Wildman–Crippen MR) is 127 cm³/mol. The number of benzene rings is 2. The number of hydrogen-bond acceptors (Lipinski definition) is 4. The average Bonchev–Trinajstić information content (AvgIpc) is 3.50.